The van der Waals surface area contributed by atoms with Crippen molar-refractivity contribution in [2.24, 2.45) is 0 Å². The Bertz CT molecular complexity index is 695. The first-order chi connectivity index (χ1) is 11.4. The van der Waals surface area contributed by atoms with Crippen molar-refractivity contribution < 1.29 is 9.18 Å². The van der Waals surface area contributed by atoms with Crippen molar-refractivity contribution in [3.63, 3.8) is 0 Å². The third kappa shape index (κ3) is 5.86. The third-order valence-corrected chi connectivity index (χ3v) is 4.24. The molecule has 0 saturated carbocycles. The van der Waals surface area contributed by atoms with Gasteiger partial charge in [-0.15, -0.1) is 11.3 Å². The number of thiazole rings is 1. The minimum atomic E-state index is -0.274. The molecule has 0 radical (unpaired) electrons. The highest BCUT2D eigenvalue weighted by Gasteiger charge is 2.12. The molecule has 1 heterocycles. The molecule has 0 bridgehead atoms. The van der Waals surface area contributed by atoms with E-state index >= 15 is 0 Å². The van der Waals surface area contributed by atoms with Crippen LogP contribution in [0.4, 0.5) is 4.39 Å². The summed E-state index contributed by atoms with van der Waals surface area (Å²) in [5, 5.41) is 2.89. The summed E-state index contributed by atoms with van der Waals surface area (Å²) < 4.78 is 13.0. The zero-order valence-corrected chi connectivity index (χ0v) is 15.0. The fraction of sp³-hybridized carbons (Fsp3) is 0.333. The number of halogens is 1. The van der Waals surface area contributed by atoms with E-state index in [4.69, 9.17) is 0 Å². The predicted octanol–water partition coefficient (Wildman–Crippen LogP) is 3.19. The van der Waals surface area contributed by atoms with Gasteiger partial charge in [0.2, 0.25) is 5.91 Å². The maximum Gasteiger partial charge on any atom is 0.246 e. The quantitative estimate of drug-likeness (QED) is 0.722. The van der Waals surface area contributed by atoms with E-state index in [1.807, 2.05) is 31.3 Å². The summed E-state index contributed by atoms with van der Waals surface area (Å²) in [7, 11) is 3.93. The Kier molecular flexibility index (Phi) is 6.63. The first-order valence-electron chi connectivity index (χ1n) is 7.72. The summed E-state index contributed by atoms with van der Waals surface area (Å²) in [6, 6.07) is 6.24. The highest BCUT2D eigenvalue weighted by Crippen LogP contribution is 2.11. The summed E-state index contributed by atoms with van der Waals surface area (Å²) in [6.45, 7) is 3.75. The van der Waals surface area contributed by atoms with Gasteiger partial charge < -0.3 is 9.80 Å². The molecule has 2 rings (SSSR count). The molecule has 0 aliphatic carbocycles. The van der Waals surface area contributed by atoms with Crippen LogP contribution in [0.15, 0.2) is 35.7 Å². The summed E-state index contributed by atoms with van der Waals surface area (Å²) in [6.07, 6.45) is 3.28. The molecule has 0 spiro atoms. The molecule has 24 heavy (non-hydrogen) atoms. The van der Waals surface area contributed by atoms with Crippen LogP contribution < -0.4 is 0 Å². The van der Waals surface area contributed by atoms with Gasteiger partial charge in [-0.05, 0) is 44.8 Å². The first-order valence-corrected chi connectivity index (χ1v) is 8.60. The number of benzene rings is 1. The second-order valence-electron chi connectivity index (χ2n) is 5.81. The molecule has 0 unspecified atom stereocenters. The van der Waals surface area contributed by atoms with Crippen molar-refractivity contribution in [2.75, 3.05) is 27.2 Å². The highest BCUT2D eigenvalue weighted by molar-refractivity contribution is 7.09. The number of amides is 1. The van der Waals surface area contributed by atoms with E-state index in [-0.39, 0.29) is 11.7 Å². The van der Waals surface area contributed by atoms with E-state index in [0.717, 1.165) is 22.8 Å². The van der Waals surface area contributed by atoms with Crippen LogP contribution in [0.3, 0.4) is 0 Å². The Labute approximate surface area is 146 Å². The highest BCUT2D eigenvalue weighted by atomic mass is 32.1. The standard InChI is InChI=1S/C18H22FN3OS/c1-14-20-17(13-24-14)8-9-18(23)22(11-10-21(2)3)12-15-4-6-16(19)7-5-15/h4-9,13H,10-12H2,1-3H3/b9-8+. The summed E-state index contributed by atoms with van der Waals surface area (Å²) >= 11 is 1.55. The van der Waals surface area contributed by atoms with Crippen LogP contribution in [0.5, 0.6) is 0 Å². The van der Waals surface area contributed by atoms with Gasteiger partial charge in [-0.1, -0.05) is 12.1 Å². The lowest BCUT2D eigenvalue weighted by atomic mass is 10.2. The predicted molar refractivity (Wildman–Crippen MR) is 96.3 cm³/mol. The average molecular weight is 347 g/mol. The molecular formula is C18H22FN3OS. The molecule has 1 amide bonds. The third-order valence-electron chi connectivity index (χ3n) is 3.45. The summed E-state index contributed by atoms with van der Waals surface area (Å²) in [5.41, 5.74) is 1.70. The van der Waals surface area contributed by atoms with Crippen LogP contribution in [-0.4, -0.2) is 47.9 Å². The minimum Gasteiger partial charge on any atom is -0.334 e. The largest absolute Gasteiger partial charge is 0.334 e. The van der Waals surface area contributed by atoms with E-state index in [1.54, 1.807) is 40.5 Å². The van der Waals surface area contributed by atoms with E-state index in [2.05, 4.69) is 4.98 Å². The monoisotopic (exact) mass is 347 g/mol. The van der Waals surface area contributed by atoms with Crippen molar-refractivity contribution in [1.29, 1.82) is 0 Å². The lowest BCUT2D eigenvalue weighted by molar-refractivity contribution is -0.126. The molecule has 1 aromatic carbocycles. The van der Waals surface area contributed by atoms with E-state index in [0.29, 0.717) is 13.1 Å². The normalized spacial score (nSPS) is 11.4. The number of carbonyl (C=O) groups excluding carboxylic acids is 1. The second kappa shape index (κ2) is 8.70. The lowest BCUT2D eigenvalue weighted by Crippen LogP contribution is -2.35. The lowest BCUT2D eigenvalue weighted by Gasteiger charge is -2.23. The van der Waals surface area contributed by atoms with E-state index in [1.165, 1.54) is 12.1 Å². The van der Waals surface area contributed by atoms with Crippen LogP contribution in [0.1, 0.15) is 16.3 Å². The van der Waals surface area contributed by atoms with E-state index < -0.39 is 0 Å². The van der Waals surface area contributed by atoms with Gasteiger partial charge in [0.15, 0.2) is 0 Å². The summed E-state index contributed by atoms with van der Waals surface area (Å²) in [5.74, 6) is -0.351. The number of rotatable bonds is 7. The Morgan fingerprint density at radius 1 is 1.25 bits per heavy atom. The molecule has 1 aromatic heterocycles. The SMILES string of the molecule is Cc1nc(/C=C/C(=O)N(CCN(C)C)Cc2ccc(F)cc2)cs1. The van der Waals surface area contributed by atoms with Gasteiger partial charge >= 0.3 is 0 Å². The van der Waals surface area contributed by atoms with Gasteiger partial charge in [0.1, 0.15) is 5.82 Å². The Morgan fingerprint density at radius 2 is 1.96 bits per heavy atom. The van der Waals surface area contributed by atoms with Gasteiger partial charge in [-0.25, -0.2) is 9.37 Å². The smallest absolute Gasteiger partial charge is 0.246 e. The maximum atomic E-state index is 13.0. The molecular weight excluding hydrogens is 325 g/mol. The van der Waals surface area contributed by atoms with Crippen molar-refractivity contribution in [1.82, 2.24) is 14.8 Å². The van der Waals surface area contributed by atoms with Crippen LogP contribution in [-0.2, 0) is 11.3 Å². The van der Waals surface area contributed by atoms with Crippen molar-refractivity contribution >= 4 is 23.3 Å². The van der Waals surface area contributed by atoms with Crippen LogP contribution >= 0.6 is 11.3 Å². The van der Waals surface area contributed by atoms with Gasteiger partial charge in [0.25, 0.3) is 0 Å². The molecule has 0 aliphatic rings. The topological polar surface area (TPSA) is 36.4 Å². The molecule has 128 valence electrons. The first kappa shape index (κ1) is 18.3. The number of likely N-dealkylation sites (N-methyl/N-ethyl adjacent to an activating group) is 1. The average Bonchev–Trinajstić information content (AvgIpc) is 2.96. The fourth-order valence-corrected chi connectivity index (χ4v) is 2.70. The number of nitrogens with zero attached hydrogens (tertiary/aromatic N) is 3. The zero-order chi connectivity index (χ0) is 17.5. The molecule has 0 atom stereocenters. The number of aromatic nitrogens is 1. The van der Waals surface area contributed by atoms with Gasteiger partial charge in [-0.3, -0.25) is 4.79 Å². The van der Waals surface area contributed by atoms with Crippen LogP contribution in [0.2, 0.25) is 0 Å². The molecule has 0 saturated heterocycles. The van der Waals surface area contributed by atoms with Crippen molar-refractivity contribution in [3.8, 4) is 0 Å². The zero-order valence-electron chi connectivity index (χ0n) is 14.2. The van der Waals surface area contributed by atoms with E-state index in [9.17, 15) is 9.18 Å². The van der Waals surface area contributed by atoms with Crippen LogP contribution in [0, 0.1) is 12.7 Å². The number of carbonyl (C=O) groups is 1. The number of aryl methyl sites for hydroxylation is 1. The van der Waals surface area contributed by atoms with Gasteiger partial charge in [-0.2, -0.15) is 0 Å². The molecule has 6 heteroatoms. The number of hydrogen-bond acceptors (Lipinski definition) is 4. The summed E-state index contributed by atoms with van der Waals surface area (Å²) in [4.78, 5) is 20.6. The maximum absolute atomic E-state index is 13.0. The van der Waals surface area contributed by atoms with Gasteiger partial charge in [0.05, 0.1) is 10.7 Å². The molecule has 0 N–H and O–H groups in total. The molecule has 0 fully saturated rings. The van der Waals surface area contributed by atoms with Crippen molar-refractivity contribution in [2.45, 2.75) is 13.5 Å². The Morgan fingerprint density at radius 3 is 2.54 bits per heavy atom. The molecule has 2 aromatic rings. The van der Waals surface area contributed by atoms with Crippen molar-refractivity contribution in [3.05, 3.63) is 57.8 Å². The Balaban J connectivity index is 2.07. The van der Waals surface area contributed by atoms with Crippen LogP contribution in [0.25, 0.3) is 6.08 Å². The molecule has 0 aliphatic heterocycles. The Hall–Kier alpha value is -2.05. The minimum absolute atomic E-state index is 0.0770. The second-order valence-corrected chi connectivity index (χ2v) is 6.88. The molecule has 4 nitrogen and oxygen atoms in total. The fourth-order valence-electron chi connectivity index (χ4n) is 2.12. The van der Waals surface area contributed by atoms with Gasteiger partial charge in [0, 0.05) is 31.1 Å². The number of hydrogen-bond donors (Lipinski definition) is 0.